The van der Waals surface area contributed by atoms with Crippen LogP contribution in [0.5, 0.6) is 0 Å². The smallest absolute Gasteiger partial charge is 0.600 e. The lowest BCUT2D eigenvalue weighted by Gasteiger charge is -2.04. The highest BCUT2D eigenvalue weighted by Crippen LogP contribution is 2.51. The van der Waals surface area contributed by atoms with Crippen molar-refractivity contribution >= 4 is 20.6 Å². The first-order chi connectivity index (χ1) is 8.34. The fraction of sp³-hybridized carbons (Fsp3) is 0.429. The van der Waals surface area contributed by atoms with E-state index in [0.717, 1.165) is 10.9 Å². The van der Waals surface area contributed by atoms with Crippen LogP contribution in [-0.4, -0.2) is 0 Å². The number of alkyl halides is 3. The topological polar surface area (TPSA) is 0 Å². The quantitative estimate of drug-likeness (QED) is 0.729. The van der Waals surface area contributed by atoms with Gasteiger partial charge in [-0.05, 0) is 17.5 Å². The molecule has 1 aromatic carbocycles. The molecule has 1 unspecified atom stereocenters. The summed E-state index contributed by atoms with van der Waals surface area (Å²) in [4.78, 5) is 0.499. The van der Waals surface area contributed by atoms with Gasteiger partial charge in [-0.15, -0.1) is 13.2 Å². The number of thiophene rings is 1. The summed E-state index contributed by atoms with van der Waals surface area (Å²) in [6, 6.07) is 7.18. The minimum Gasteiger partial charge on any atom is -1.00 e. The SMILES string of the molecule is CCc1cc2ccc(C(C)C)cc2[s+]1C(F)(F)F.[Br-]. The van der Waals surface area contributed by atoms with Crippen molar-refractivity contribution in [1.82, 2.24) is 0 Å². The summed E-state index contributed by atoms with van der Waals surface area (Å²) >= 11 is 0. The summed E-state index contributed by atoms with van der Waals surface area (Å²) in [5, 5.41) is 0.733. The van der Waals surface area contributed by atoms with E-state index in [0.29, 0.717) is 16.0 Å². The summed E-state index contributed by atoms with van der Waals surface area (Å²) in [6.45, 7) is 5.78. The largest absolute Gasteiger partial charge is 1.00 e. The fourth-order valence-electron chi connectivity index (χ4n) is 2.10. The zero-order chi connectivity index (χ0) is 13.5. The van der Waals surface area contributed by atoms with Crippen molar-refractivity contribution in [1.29, 1.82) is 0 Å². The molecule has 0 saturated heterocycles. The van der Waals surface area contributed by atoms with Crippen molar-refractivity contribution in [3.63, 3.8) is 0 Å². The molecule has 1 heterocycles. The number of benzene rings is 1. The molecule has 106 valence electrons. The van der Waals surface area contributed by atoms with Crippen molar-refractivity contribution in [2.24, 2.45) is 0 Å². The van der Waals surface area contributed by atoms with Gasteiger partial charge in [-0.2, -0.15) is 0 Å². The number of hydrogen-bond acceptors (Lipinski definition) is 0. The van der Waals surface area contributed by atoms with Crippen LogP contribution in [0.2, 0.25) is 0 Å². The van der Waals surface area contributed by atoms with Gasteiger partial charge in [0.15, 0.2) is 9.58 Å². The Balaban J connectivity index is 0.00000180. The second-order valence-electron chi connectivity index (χ2n) is 4.67. The Labute approximate surface area is 124 Å². The molecule has 0 aliphatic carbocycles. The first kappa shape index (κ1) is 16.5. The number of hydrogen-bond donors (Lipinski definition) is 0. The molecule has 2 rings (SSSR count). The second kappa shape index (κ2) is 5.83. The van der Waals surface area contributed by atoms with Gasteiger partial charge in [-0.1, -0.05) is 26.8 Å². The molecule has 0 aliphatic rings. The molecule has 19 heavy (non-hydrogen) atoms. The van der Waals surface area contributed by atoms with Crippen LogP contribution >= 0.6 is 10.5 Å². The molecule has 0 aliphatic heterocycles. The van der Waals surface area contributed by atoms with Gasteiger partial charge in [0.2, 0.25) is 0 Å². The van der Waals surface area contributed by atoms with Gasteiger partial charge in [0.1, 0.15) is 0 Å². The zero-order valence-corrected chi connectivity index (χ0v) is 13.4. The Morgan fingerprint density at radius 1 is 1.16 bits per heavy atom. The van der Waals surface area contributed by atoms with Crippen LogP contribution in [0.15, 0.2) is 24.3 Å². The molecule has 0 spiro atoms. The third kappa shape index (κ3) is 3.14. The van der Waals surface area contributed by atoms with Crippen molar-refractivity contribution in [2.75, 3.05) is 0 Å². The number of aryl methyl sites for hydroxylation is 1. The van der Waals surface area contributed by atoms with Gasteiger partial charge >= 0.3 is 5.51 Å². The molecule has 0 amide bonds. The number of rotatable bonds is 2. The third-order valence-electron chi connectivity index (χ3n) is 3.08. The summed E-state index contributed by atoms with van der Waals surface area (Å²) in [5.74, 6) is 0.250. The molecule has 5 heteroatoms. The van der Waals surface area contributed by atoms with E-state index in [2.05, 4.69) is 0 Å². The van der Waals surface area contributed by atoms with Gasteiger partial charge in [-0.3, -0.25) is 0 Å². The average Bonchev–Trinajstić information content (AvgIpc) is 2.65. The summed E-state index contributed by atoms with van der Waals surface area (Å²) in [6.07, 6.45) is 0.453. The molecule has 0 N–H and O–H groups in total. The Kier molecular flexibility index (Phi) is 5.07. The van der Waals surface area contributed by atoms with Crippen molar-refractivity contribution in [3.05, 3.63) is 34.7 Å². The predicted molar refractivity (Wildman–Crippen MR) is 71.2 cm³/mol. The Morgan fingerprint density at radius 2 is 1.79 bits per heavy atom. The lowest BCUT2D eigenvalue weighted by molar-refractivity contribution is -0.0867. The third-order valence-corrected chi connectivity index (χ3v) is 5.27. The fourth-order valence-corrected chi connectivity index (χ4v) is 4.08. The molecule has 0 fully saturated rings. The Hall–Kier alpha value is -0.550. The van der Waals surface area contributed by atoms with E-state index in [4.69, 9.17) is 0 Å². The van der Waals surface area contributed by atoms with Gasteiger partial charge in [0.05, 0.1) is 10.5 Å². The normalized spacial score (nSPS) is 12.9. The molecule has 0 saturated carbocycles. The minimum atomic E-state index is -4.16. The minimum absolute atomic E-state index is 0. The molecule has 2 aromatic rings. The standard InChI is InChI=1S/C14H16F3S.BrH/c1-4-12-7-11-6-5-10(9(2)3)8-13(11)18(12)14(15,16)17;/h5-9H,4H2,1-3H3;1H/q+1;/p-1. The van der Waals surface area contributed by atoms with E-state index in [-0.39, 0.29) is 22.9 Å². The van der Waals surface area contributed by atoms with Crippen molar-refractivity contribution < 1.29 is 30.2 Å². The highest BCUT2D eigenvalue weighted by atomic mass is 79.9. The van der Waals surface area contributed by atoms with E-state index in [1.165, 1.54) is 0 Å². The van der Waals surface area contributed by atoms with E-state index in [1.54, 1.807) is 19.1 Å². The molecule has 1 aromatic heterocycles. The molecule has 0 radical (unpaired) electrons. The van der Waals surface area contributed by atoms with Gasteiger partial charge in [-0.25, -0.2) is 0 Å². The number of halogens is 4. The second-order valence-corrected chi connectivity index (χ2v) is 6.71. The maximum absolute atomic E-state index is 13.2. The van der Waals surface area contributed by atoms with Crippen LogP contribution in [0.1, 0.15) is 37.1 Å². The maximum atomic E-state index is 13.2. The predicted octanol–water partition coefficient (Wildman–Crippen LogP) is 2.76. The summed E-state index contributed by atoms with van der Waals surface area (Å²) in [7, 11) is -1.72. The molecule has 1 atom stereocenters. The van der Waals surface area contributed by atoms with Crippen LogP contribution in [0.4, 0.5) is 13.2 Å². The Bertz CT molecular complexity index is 570. The van der Waals surface area contributed by atoms with Gasteiger partial charge in [0, 0.05) is 23.9 Å². The van der Waals surface area contributed by atoms with Crippen molar-refractivity contribution in [2.45, 2.75) is 38.6 Å². The van der Waals surface area contributed by atoms with Crippen LogP contribution in [0.3, 0.4) is 0 Å². The zero-order valence-electron chi connectivity index (χ0n) is 11.0. The highest BCUT2D eigenvalue weighted by molar-refractivity contribution is 7.38. The lowest BCUT2D eigenvalue weighted by Crippen LogP contribution is -3.00. The van der Waals surface area contributed by atoms with E-state index < -0.39 is 16.0 Å². The van der Waals surface area contributed by atoms with E-state index >= 15 is 0 Å². The lowest BCUT2D eigenvalue weighted by atomic mass is 10.0. The summed E-state index contributed by atoms with van der Waals surface area (Å²) in [5.41, 5.74) is -3.19. The van der Waals surface area contributed by atoms with E-state index in [1.807, 2.05) is 26.0 Å². The highest BCUT2D eigenvalue weighted by Gasteiger charge is 2.47. The number of fused-ring (bicyclic) bond motifs is 1. The van der Waals surface area contributed by atoms with Crippen LogP contribution < -0.4 is 17.0 Å². The molecule has 0 nitrogen and oxygen atoms in total. The molecular weight excluding hydrogens is 337 g/mol. The first-order valence-corrected chi connectivity index (χ1v) is 7.22. The molecule has 0 bridgehead atoms. The van der Waals surface area contributed by atoms with Gasteiger partial charge < -0.3 is 17.0 Å². The Morgan fingerprint density at radius 3 is 2.26 bits per heavy atom. The first-order valence-electron chi connectivity index (χ1n) is 6.00. The summed E-state index contributed by atoms with van der Waals surface area (Å²) < 4.78 is 40.0. The van der Waals surface area contributed by atoms with Crippen LogP contribution in [0.25, 0.3) is 10.1 Å². The molecular formula is C14H16BrF3S. The maximum Gasteiger partial charge on any atom is 0.600 e. The van der Waals surface area contributed by atoms with Gasteiger partial charge in [0.25, 0.3) is 0 Å². The van der Waals surface area contributed by atoms with Crippen LogP contribution in [-0.2, 0) is 11.9 Å². The van der Waals surface area contributed by atoms with Crippen LogP contribution in [0, 0.1) is 0 Å². The monoisotopic (exact) mass is 352 g/mol. The van der Waals surface area contributed by atoms with Crippen molar-refractivity contribution in [3.8, 4) is 0 Å². The van der Waals surface area contributed by atoms with E-state index in [9.17, 15) is 13.2 Å². The average molecular weight is 353 g/mol.